The smallest absolute Gasteiger partial charge is 0.451 e. The van der Waals surface area contributed by atoms with Crippen molar-refractivity contribution in [3.63, 3.8) is 0 Å². The van der Waals surface area contributed by atoms with Crippen LogP contribution in [0, 0.1) is 20.8 Å². The van der Waals surface area contributed by atoms with E-state index in [4.69, 9.17) is 4.74 Å². The van der Waals surface area contributed by atoms with E-state index in [1.165, 1.54) is 38.1 Å². The molecule has 37 heavy (non-hydrogen) atoms. The Kier molecular flexibility index (Phi) is 7.59. The van der Waals surface area contributed by atoms with Crippen molar-refractivity contribution < 1.29 is 41.0 Å². The van der Waals surface area contributed by atoms with Crippen LogP contribution in [0.3, 0.4) is 0 Å². The first-order chi connectivity index (χ1) is 17.0. The molecule has 11 heteroatoms. The minimum absolute atomic E-state index is 0.0288. The zero-order valence-corrected chi connectivity index (χ0v) is 21.5. The zero-order valence-electron chi connectivity index (χ0n) is 20.7. The summed E-state index contributed by atoms with van der Waals surface area (Å²) in [6.45, 7) is 7.79. The maximum atomic E-state index is 13.5. The van der Waals surface area contributed by atoms with Crippen LogP contribution in [0.4, 0.5) is 18.9 Å². The summed E-state index contributed by atoms with van der Waals surface area (Å²) in [6.07, 6.45) is -6.29. The third kappa shape index (κ3) is 5.71. The Bertz CT molecular complexity index is 1470. The Morgan fingerprint density at radius 3 is 2.03 bits per heavy atom. The van der Waals surface area contributed by atoms with Crippen LogP contribution in [0.25, 0.3) is 10.8 Å². The number of Topliss-reactive ketones (excluding diaryl/α,β-unsaturated/α-hetero) is 1. The first kappa shape index (κ1) is 28.0. The minimum atomic E-state index is -5.44. The number of fused-ring (bicyclic) bond motifs is 1. The molecule has 1 atom stereocenters. The van der Waals surface area contributed by atoms with E-state index in [9.17, 15) is 36.3 Å². The van der Waals surface area contributed by atoms with Crippen molar-refractivity contribution >= 4 is 38.2 Å². The second-order valence-electron chi connectivity index (χ2n) is 9.02. The normalized spacial score (nSPS) is 13.0. The van der Waals surface area contributed by atoms with E-state index in [0.29, 0.717) is 11.1 Å². The average molecular weight is 538 g/mol. The number of sulfonamides is 1. The standard InChI is InChI=1S/C26H26F3NO6S/c1-13(2)36-25(33)21(24(32)26(27,28)29)19-12-20(17-8-6-7-9-18(17)22(19)31)30-37(34,35)23-15(4)10-14(3)11-16(23)5/h6-13,21,30-31H,1-5H3/t21-/m0/s1. The molecule has 0 fully saturated rings. The van der Waals surface area contributed by atoms with Gasteiger partial charge in [0.05, 0.1) is 16.7 Å². The number of benzene rings is 3. The molecule has 0 aliphatic carbocycles. The van der Waals surface area contributed by atoms with Gasteiger partial charge in [-0.2, -0.15) is 13.2 Å². The number of hydrogen-bond acceptors (Lipinski definition) is 6. The van der Waals surface area contributed by atoms with E-state index in [0.717, 1.165) is 11.6 Å². The van der Waals surface area contributed by atoms with E-state index >= 15 is 0 Å². The number of carbonyl (C=O) groups is 2. The number of halogens is 3. The molecule has 0 aliphatic rings. The van der Waals surface area contributed by atoms with Crippen LogP contribution < -0.4 is 4.72 Å². The molecule has 198 valence electrons. The Morgan fingerprint density at radius 2 is 1.51 bits per heavy atom. The molecule has 0 heterocycles. The molecule has 0 spiro atoms. The van der Waals surface area contributed by atoms with Crippen LogP contribution in [0.1, 0.15) is 42.0 Å². The summed E-state index contributed by atoms with van der Waals surface area (Å²) in [4.78, 5) is 25.0. The number of alkyl halides is 3. The number of aryl methyl sites for hydroxylation is 3. The van der Waals surface area contributed by atoms with Gasteiger partial charge in [-0.15, -0.1) is 0 Å². The fourth-order valence-electron chi connectivity index (χ4n) is 4.31. The molecular weight excluding hydrogens is 511 g/mol. The van der Waals surface area contributed by atoms with E-state index in [2.05, 4.69) is 4.72 Å². The number of phenols is 1. The lowest BCUT2D eigenvalue weighted by atomic mass is 9.90. The molecule has 0 aliphatic heterocycles. The largest absolute Gasteiger partial charge is 0.507 e. The van der Waals surface area contributed by atoms with Gasteiger partial charge in [0.15, 0.2) is 5.92 Å². The van der Waals surface area contributed by atoms with Crippen molar-refractivity contribution in [2.45, 2.75) is 57.7 Å². The van der Waals surface area contributed by atoms with Crippen LogP contribution in [0.15, 0.2) is 47.4 Å². The van der Waals surface area contributed by atoms with Crippen molar-refractivity contribution in [2.24, 2.45) is 0 Å². The second kappa shape index (κ2) is 10.0. The lowest BCUT2D eigenvalue weighted by molar-refractivity contribution is -0.178. The summed E-state index contributed by atoms with van der Waals surface area (Å²) in [7, 11) is -4.28. The quantitative estimate of drug-likeness (QED) is 0.236. The van der Waals surface area contributed by atoms with E-state index in [1.54, 1.807) is 32.9 Å². The predicted molar refractivity (Wildman–Crippen MR) is 132 cm³/mol. The van der Waals surface area contributed by atoms with Crippen molar-refractivity contribution in [1.82, 2.24) is 0 Å². The molecule has 3 rings (SSSR count). The summed E-state index contributed by atoms with van der Waals surface area (Å²) in [5, 5.41) is 11.0. The number of carbonyl (C=O) groups excluding carboxylic acids is 2. The Hall–Kier alpha value is -3.60. The number of ketones is 1. The summed E-state index contributed by atoms with van der Waals surface area (Å²) >= 11 is 0. The zero-order chi connectivity index (χ0) is 27.9. The first-order valence-electron chi connectivity index (χ1n) is 11.2. The molecule has 0 saturated heterocycles. The van der Waals surface area contributed by atoms with E-state index in [1.807, 2.05) is 0 Å². The fraction of sp³-hybridized carbons (Fsp3) is 0.308. The molecule has 7 nitrogen and oxygen atoms in total. The van der Waals surface area contributed by atoms with Crippen molar-refractivity contribution in [1.29, 1.82) is 0 Å². The Balaban J connectivity index is 2.29. The van der Waals surface area contributed by atoms with Crippen LogP contribution in [0.5, 0.6) is 5.75 Å². The molecule has 0 aromatic heterocycles. The highest BCUT2D eigenvalue weighted by Crippen LogP contribution is 2.42. The molecule has 3 aromatic carbocycles. The molecular formula is C26H26F3NO6S. The number of esters is 1. The van der Waals surface area contributed by atoms with Crippen LogP contribution in [-0.4, -0.2) is 37.6 Å². The van der Waals surface area contributed by atoms with Gasteiger partial charge in [0.1, 0.15) is 5.75 Å². The SMILES string of the molecule is Cc1cc(C)c(S(=O)(=O)Nc2cc([C@H](C(=O)OC(C)C)C(=O)C(F)(F)F)c(O)c3ccccc23)c(C)c1. The molecule has 0 unspecified atom stereocenters. The number of rotatable bonds is 7. The Morgan fingerprint density at radius 1 is 0.973 bits per heavy atom. The van der Waals surface area contributed by atoms with Gasteiger partial charge < -0.3 is 9.84 Å². The topological polar surface area (TPSA) is 110 Å². The molecule has 0 amide bonds. The maximum Gasteiger partial charge on any atom is 0.451 e. The van der Waals surface area contributed by atoms with E-state index < -0.39 is 51.3 Å². The lowest BCUT2D eigenvalue weighted by Gasteiger charge is -2.22. The maximum absolute atomic E-state index is 13.5. The number of anilines is 1. The minimum Gasteiger partial charge on any atom is -0.507 e. The summed E-state index contributed by atoms with van der Waals surface area (Å²) in [5.41, 5.74) is 0.767. The molecule has 2 N–H and O–H groups in total. The monoisotopic (exact) mass is 537 g/mol. The number of nitrogens with one attached hydrogen (secondary N) is 1. The number of phenolic OH excluding ortho intramolecular Hbond substituents is 1. The van der Waals surface area contributed by atoms with E-state index in [-0.39, 0.29) is 21.4 Å². The molecule has 0 saturated carbocycles. The Labute approximate surface area is 212 Å². The van der Waals surface area contributed by atoms with Crippen molar-refractivity contribution in [3.8, 4) is 5.75 Å². The molecule has 0 bridgehead atoms. The fourth-order valence-corrected chi connectivity index (χ4v) is 5.84. The van der Waals surface area contributed by atoms with Gasteiger partial charge in [-0.25, -0.2) is 8.42 Å². The average Bonchev–Trinajstić information content (AvgIpc) is 2.74. The van der Waals surface area contributed by atoms with Gasteiger partial charge >= 0.3 is 12.1 Å². The third-order valence-corrected chi connectivity index (χ3v) is 7.27. The first-order valence-corrected chi connectivity index (χ1v) is 12.7. The highest BCUT2D eigenvalue weighted by atomic mass is 32.2. The van der Waals surface area contributed by atoms with Gasteiger partial charge in [0.2, 0.25) is 0 Å². The van der Waals surface area contributed by atoms with Crippen LogP contribution in [0.2, 0.25) is 0 Å². The molecule has 0 radical (unpaired) electrons. The molecule has 3 aromatic rings. The van der Waals surface area contributed by atoms with Crippen LogP contribution >= 0.6 is 0 Å². The van der Waals surface area contributed by atoms with Crippen LogP contribution in [-0.2, 0) is 24.3 Å². The summed E-state index contributed by atoms with van der Waals surface area (Å²) < 4.78 is 74.6. The highest BCUT2D eigenvalue weighted by molar-refractivity contribution is 7.92. The number of hydrogen-bond donors (Lipinski definition) is 2. The third-order valence-electron chi connectivity index (χ3n) is 5.60. The summed E-state index contributed by atoms with van der Waals surface area (Å²) in [6, 6.07) is 9.97. The predicted octanol–water partition coefficient (Wildman–Crippen LogP) is 5.44. The van der Waals surface area contributed by atoms with Gasteiger partial charge in [-0.1, -0.05) is 42.0 Å². The van der Waals surface area contributed by atoms with Gasteiger partial charge in [0, 0.05) is 16.3 Å². The highest BCUT2D eigenvalue weighted by Gasteiger charge is 2.49. The van der Waals surface area contributed by atoms with Crippen molar-refractivity contribution in [3.05, 3.63) is 64.7 Å². The number of aromatic hydroxyl groups is 1. The lowest BCUT2D eigenvalue weighted by Crippen LogP contribution is -2.35. The van der Waals surface area contributed by atoms with Gasteiger partial charge in [-0.05, 0) is 51.8 Å². The summed E-state index contributed by atoms with van der Waals surface area (Å²) in [5.74, 6) is -7.33. The van der Waals surface area contributed by atoms with Crippen molar-refractivity contribution in [2.75, 3.05) is 4.72 Å². The second-order valence-corrected chi connectivity index (χ2v) is 10.6. The van der Waals surface area contributed by atoms with Gasteiger partial charge in [0.25, 0.3) is 15.8 Å². The number of ether oxygens (including phenoxy) is 1. The van der Waals surface area contributed by atoms with Gasteiger partial charge in [-0.3, -0.25) is 14.3 Å².